The first-order valence-corrected chi connectivity index (χ1v) is 9.31. The van der Waals surface area contributed by atoms with E-state index < -0.39 is 23.8 Å². The zero-order chi connectivity index (χ0) is 20.3. The molecule has 0 amide bonds. The van der Waals surface area contributed by atoms with E-state index in [2.05, 4.69) is 0 Å². The maximum atomic E-state index is 14.1. The zero-order valence-corrected chi connectivity index (χ0v) is 16.3. The summed E-state index contributed by atoms with van der Waals surface area (Å²) in [5.41, 5.74) is 0.318. The molecule has 4 unspecified atom stereocenters. The van der Waals surface area contributed by atoms with Gasteiger partial charge in [0.05, 0.1) is 5.92 Å². The van der Waals surface area contributed by atoms with E-state index >= 15 is 0 Å². The quantitative estimate of drug-likeness (QED) is 0.544. The van der Waals surface area contributed by atoms with Crippen LogP contribution in [0.2, 0.25) is 0 Å². The van der Waals surface area contributed by atoms with Gasteiger partial charge in [-0.25, -0.2) is 4.39 Å². The molecule has 0 heterocycles. The van der Waals surface area contributed by atoms with E-state index in [1.54, 1.807) is 30.3 Å². The van der Waals surface area contributed by atoms with Crippen molar-refractivity contribution in [3.8, 4) is 17.6 Å². The van der Waals surface area contributed by atoms with Crippen molar-refractivity contribution in [1.82, 2.24) is 0 Å². The Morgan fingerprint density at radius 3 is 2.61 bits per heavy atom. The van der Waals surface area contributed by atoms with Gasteiger partial charge in [0.1, 0.15) is 16.3 Å². The smallest absolute Gasteiger partial charge is 0.311 e. The Labute approximate surface area is 172 Å². The van der Waals surface area contributed by atoms with Crippen LogP contribution in [-0.4, -0.2) is 5.97 Å². The average Bonchev–Trinajstić information content (AvgIpc) is 3.30. The molecular formula is C21H16Cl2FNO3. The van der Waals surface area contributed by atoms with Crippen molar-refractivity contribution >= 4 is 29.2 Å². The normalized spacial score (nSPS) is 21.2. The molecule has 28 heavy (non-hydrogen) atoms. The minimum absolute atomic E-state index is 0.0181. The topological polar surface area (TPSA) is 59.3 Å². The van der Waals surface area contributed by atoms with E-state index in [1.165, 1.54) is 18.2 Å². The Morgan fingerprint density at radius 1 is 1.25 bits per heavy atom. The minimum atomic E-state index is -1.19. The summed E-state index contributed by atoms with van der Waals surface area (Å²) in [4.78, 5) is 12.4. The van der Waals surface area contributed by atoms with Gasteiger partial charge in [0, 0.05) is 5.56 Å². The Morgan fingerprint density at radius 2 is 1.96 bits per heavy atom. The molecular weight excluding hydrogens is 404 g/mol. The van der Waals surface area contributed by atoms with Gasteiger partial charge < -0.3 is 9.47 Å². The Balaban J connectivity index is 1.74. The largest absolute Gasteiger partial charge is 0.454 e. The lowest BCUT2D eigenvalue weighted by molar-refractivity contribution is -0.149. The number of hydrogen-bond donors (Lipinski definition) is 0. The number of carbonyl (C=O) groups is 1. The van der Waals surface area contributed by atoms with E-state index in [9.17, 15) is 14.4 Å². The van der Waals surface area contributed by atoms with Crippen LogP contribution < -0.4 is 4.74 Å². The molecule has 4 nitrogen and oxygen atoms in total. The van der Waals surface area contributed by atoms with Crippen LogP contribution in [0.4, 0.5) is 4.39 Å². The SMILES string of the molecule is CC1C(C=C(Cl)Cl)C1C(=O)OC(C#N)c1ccc(F)c(Oc2ccccc2)c1. The van der Waals surface area contributed by atoms with Crippen LogP contribution in [0.5, 0.6) is 11.5 Å². The van der Waals surface area contributed by atoms with E-state index in [4.69, 9.17) is 32.7 Å². The molecule has 1 saturated carbocycles. The maximum Gasteiger partial charge on any atom is 0.311 e. The summed E-state index contributed by atoms with van der Waals surface area (Å²) < 4.78 is 25.1. The molecule has 1 fully saturated rings. The number of nitriles is 1. The molecule has 0 spiro atoms. The van der Waals surface area contributed by atoms with Crippen molar-refractivity contribution in [2.24, 2.45) is 17.8 Å². The number of nitrogens with zero attached hydrogens (tertiary/aromatic N) is 1. The lowest BCUT2D eigenvalue weighted by Gasteiger charge is -2.13. The Bertz CT molecular complexity index is 938. The number of rotatable bonds is 6. The standard InChI is InChI=1S/C21H16Cl2FNO3/c1-12-15(10-19(22)23)20(12)21(26)28-18(11-25)13-7-8-16(24)17(9-13)27-14-5-3-2-4-6-14/h2-10,12,15,18,20H,1H3. The molecule has 0 N–H and O–H groups in total. The molecule has 0 radical (unpaired) electrons. The summed E-state index contributed by atoms with van der Waals surface area (Å²) in [6.07, 6.45) is 0.403. The molecule has 1 aliphatic rings. The lowest BCUT2D eigenvalue weighted by Crippen LogP contribution is -2.13. The summed E-state index contributed by atoms with van der Waals surface area (Å²) in [7, 11) is 0. The third-order valence-electron chi connectivity index (χ3n) is 4.62. The summed E-state index contributed by atoms with van der Waals surface area (Å²) in [6, 6.07) is 14.5. The van der Waals surface area contributed by atoms with E-state index in [0.29, 0.717) is 11.3 Å². The van der Waals surface area contributed by atoms with Gasteiger partial charge in [-0.15, -0.1) is 0 Å². The summed E-state index contributed by atoms with van der Waals surface area (Å²) in [5, 5.41) is 9.44. The second kappa shape index (κ2) is 8.64. The number of carbonyl (C=O) groups excluding carboxylic acids is 1. The van der Waals surface area contributed by atoms with Gasteiger partial charge >= 0.3 is 5.97 Å². The number of para-hydroxylation sites is 1. The summed E-state index contributed by atoms with van der Waals surface area (Å²) in [6.45, 7) is 1.87. The van der Waals surface area contributed by atoms with Gasteiger partial charge in [0.25, 0.3) is 0 Å². The minimum Gasteiger partial charge on any atom is -0.454 e. The molecule has 2 aromatic rings. The Kier molecular flexibility index (Phi) is 6.23. The van der Waals surface area contributed by atoms with E-state index in [0.717, 1.165) is 0 Å². The molecule has 0 bridgehead atoms. The fraction of sp³-hybridized carbons (Fsp3) is 0.238. The first kappa shape index (κ1) is 20.2. The number of benzene rings is 2. The molecule has 3 rings (SSSR count). The highest BCUT2D eigenvalue weighted by Crippen LogP contribution is 2.49. The van der Waals surface area contributed by atoms with Crippen molar-refractivity contribution in [3.05, 3.63) is 70.5 Å². The third-order valence-corrected chi connectivity index (χ3v) is 4.87. The van der Waals surface area contributed by atoms with Crippen LogP contribution in [-0.2, 0) is 9.53 Å². The van der Waals surface area contributed by atoms with Crippen LogP contribution >= 0.6 is 23.2 Å². The lowest BCUT2D eigenvalue weighted by atomic mass is 10.1. The highest BCUT2D eigenvalue weighted by molar-refractivity contribution is 6.55. The van der Waals surface area contributed by atoms with Gasteiger partial charge in [-0.3, -0.25) is 4.79 Å². The monoisotopic (exact) mass is 419 g/mol. The van der Waals surface area contributed by atoms with Gasteiger partial charge in [0.2, 0.25) is 6.10 Å². The van der Waals surface area contributed by atoms with Crippen LogP contribution in [0.1, 0.15) is 18.6 Å². The molecule has 144 valence electrons. The van der Waals surface area contributed by atoms with Gasteiger partial charge in [0.15, 0.2) is 11.6 Å². The van der Waals surface area contributed by atoms with Crippen molar-refractivity contribution in [2.45, 2.75) is 13.0 Å². The number of allylic oxidation sites excluding steroid dienone is 1. The van der Waals surface area contributed by atoms with Gasteiger partial charge in [-0.1, -0.05) is 54.4 Å². The molecule has 0 aromatic heterocycles. The predicted octanol–water partition coefficient (Wildman–Crippen LogP) is 5.93. The van der Waals surface area contributed by atoms with Crippen molar-refractivity contribution in [1.29, 1.82) is 5.26 Å². The summed E-state index contributed by atoms with van der Waals surface area (Å²) >= 11 is 11.3. The molecule has 4 atom stereocenters. The van der Waals surface area contributed by atoms with Crippen LogP contribution in [0.15, 0.2) is 59.1 Å². The molecule has 7 heteroatoms. The van der Waals surface area contributed by atoms with Crippen molar-refractivity contribution in [2.75, 3.05) is 0 Å². The predicted molar refractivity (Wildman–Crippen MR) is 103 cm³/mol. The summed E-state index contributed by atoms with van der Waals surface area (Å²) in [5.74, 6) is -1.24. The second-order valence-electron chi connectivity index (χ2n) is 6.47. The fourth-order valence-electron chi connectivity index (χ4n) is 3.01. The number of halogens is 3. The highest BCUT2D eigenvalue weighted by Gasteiger charge is 2.52. The average molecular weight is 420 g/mol. The second-order valence-corrected chi connectivity index (χ2v) is 7.48. The number of hydrogen-bond acceptors (Lipinski definition) is 4. The van der Waals surface area contributed by atoms with E-state index in [1.807, 2.05) is 19.1 Å². The first-order chi connectivity index (χ1) is 13.4. The molecule has 0 saturated heterocycles. The third kappa shape index (κ3) is 4.64. The molecule has 2 aromatic carbocycles. The number of esters is 1. The molecule has 1 aliphatic carbocycles. The highest BCUT2D eigenvalue weighted by atomic mass is 35.5. The zero-order valence-electron chi connectivity index (χ0n) is 14.8. The van der Waals surface area contributed by atoms with Gasteiger partial charge in [-0.2, -0.15) is 5.26 Å². The Hall–Kier alpha value is -2.55. The first-order valence-electron chi connectivity index (χ1n) is 8.56. The van der Waals surface area contributed by atoms with Crippen molar-refractivity contribution in [3.63, 3.8) is 0 Å². The van der Waals surface area contributed by atoms with Gasteiger partial charge in [-0.05, 0) is 42.2 Å². The number of ether oxygens (including phenoxy) is 2. The van der Waals surface area contributed by atoms with Crippen molar-refractivity contribution < 1.29 is 18.7 Å². The maximum absolute atomic E-state index is 14.1. The van der Waals surface area contributed by atoms with Crippen LogP contribution in [0.3, 0.4) is 0 Å². The van der Waals surface area contributed by atoms with Crippen LogP contribution in [0.25, 0.3) is 0 Å². The molecule has 0 aliphatic heterocycles. The van der Waals surface area contributed by atoms with Crippen LogP contribution in [0, 0.1) is 34.9 Å². The fourth-order valence-corrected chi connectivity index (χ4v) is 3.30. The van der Waals surface area contributed by atoms with E-state index in [-0.39, 0.29) is 22.1 Å².